The smallest absolute Gasteiger partial charge is 0.187 e. The van der Waals surface area contributed by atoms with Gasteiger partial charge in [0, 0.05) is 18.1 Å². The Hall–Kier alpha value is -0.560. The quantitative estimate of drug-likeness (QED) is 0.136. The van der Waals surface area contributed by atoms with Crippen LogP contribution in [-0.4, -0.2) is 135 Å². The minimum absolute atomic E-state index is 0.290. The number of hydrogen-bond acceptors (Lipinski definition) is 14. The molecule has 13 N–H and O–H groups in total. The molecule has 2 aliphatic heterocycles. The fraction of sp³-hybridized carbons (Fsp3) is 1.00. The molecule has 0 aromatic heterocycles. The van der Waals surface area contributed by atoms with E-state index in [1.54, 1.807) is 6.92 Å². The van der Waals surface area contributed by atoms with Crippen molar-refractivity contribution in [3.05, 3.63) is 0 Å². The summed E-state index contributed by atoms with van der Waals surface area (Å²) in [4.78, 5) is 0. The van der Waals surface area contributed by atoms with Crippen LogP contribution in [0, 0.1) is 0 Å². The fourth-order valence-electron chi connectivity index (χ4n) is 5.06. The Bertz CT molecular complexity index is 693. The summed E-state index contributed by atoms with van der Waals surface area (Å²) in [5, 5.41) is 65.9. The van der Waals surface area contributed by atoms with Crippen LogP contribution in [0.15, 0.2) is 0 Å². The third kappa shape index (κ3) is 6.18. The number of rotatable bonds is 9. The average molecular weight is 525 g/mol. The Morgan fingerprint density at radius 1 is 0.861 bits per heavy atom. The minimum atomic E-state index is -1.46. The molecule has 3 aliphatic rings. The molecule has 0 radical (unpaired) electrons. The topological polar surface area (TPSA) is 248 Å². The highest BCUT2D eigenvalue weighted by molar-refractivity contribution is 5.03. The van der Waals surface area contributed by atoms with E-state index in [4.69, 9.17) is 36.1 Å². The van der Waals surface area contributed by atoms with E-state index >= 15 is 0 Å². The van der Waals surface area contributed by atoms with Gasteiger partial charge in [0.1, 0.15) is 48.8 Å². The van der Waals surface area contributed by atoms with E-state index in [-0.39, 0.29) is 6.42 Å². The fourth-order valence-corrected chi connectivity index (χ4v) is 5.06. The van der Waals surface area contributed by atoms with E-state index in [2.05, 4.69) is 5.32 Å². The molecule has 16 atom stereocenters. The van der Waals surface area contributed by atoms with Crippen molar-refractivity contribution >= 4 is 0 Å². The van der Waals surface area contributed by atoms with Gasteiger partial charge in [0.05, 0.1) is 18.2 Å². The summed E-state index contributed by atoms with van der Waals surface area (Å²) in [5.41, 5.74) is 18.3. The first-order valence-corrected chi connectivity index (χ1v) is 12.6. The molecule has 2 saturated heterocycles. The van der Waals surface area contributed by atoms with Crippen molar-refractivity contribution in [3.8, 4) is 0 Å². The van der Waals surface area contributed by atoms with Crippen molar-refractivity contribution in [2.24, 2.45) is 17.2 Å². The summed E-state index contributed by atoms with van der Waals surface area (Å²) in [6.45, 7) is 5.59. The molecule has 0 bridgehead atoms. The molecule has 14 nitrogen and oxygen atoms in total. The molecule has 3 rings (SSSR count). The van der Waals surface area contributed by atoms with Crippen LogP contribution in [0.4, 0.5) is 0 Å². The van der Waals surface area contributed by atoms with Crippen molar-refractivity contribution < 1.29 is 49.6 Å². The highest BCUT2D eigenvalue weighted by Gasteiger charge is 2.53. The second kappa shape index (κ2) is 12.5. The molecule has 0 aromatic rings. The van der Waals surface area contributed by atoms with Crippen LogP contribution in [0.2, 0.25) is 0 Å². The molecule has 7 unspecified atom stereocenters. The molecular weight excluding hydrogens is 480 g/mol. The first-order chi connectivity index (χ1) is 16.9. The van der Waals surface area contributed by atoms with E-state index in [9.17, 15) is 30.6 Å². The summed E-state index contributed by atoms with van der Waals surface area (Å²) >= 11 is 0. The van der Waals surface area contributed by atoms with Crippen LogP contribution in [0.1, 0.15) is 33.6 Å². The van der Waals surface area contributed by atoms with Gasteiger partial charge in [0.15, 0.2) is 12.6 Å². The Balaban J connectivity index is 1.83. The van der Waals surface area contributed by atoms with E-state index in [1.807, 2.05) is 6.92 Å². The van der Waals surface area contributed by atoms with Gasteiger partial charge in [-0.05, 0) is 33.2 Å². The van der Waals surface area contributed by atoms with Crippen LogP contribution < -0.4 is 22.5 Å². The van der Waals surface area contributed by atoms with Crippen LogP contribution in [-0.2, 0) is 18.9 Å². The van der Waals surface area contributed by atoms with Crippen LogP contribution in [0.3, 0.4) is 0 Å². The molecule has 14 heteroatoms. The molecule has 2 heterocycles. The van der Waals surface area contributed by atoms with Crippen molar-refractivity contribution in [1.29, 1.82) is 0 Å². The van der Waals surface area contributed by atoms with E-state index < -0.39 is 97.8 Å². The minimum Gasteiger partial charge on any atom is -0.391 e. The maximum atomic E-state index is 11.2. The van der Waals surface area contributed by atoms with Crippen LogP contribution >= 0.6 is 0 Å². The van der Waals surface area contributed by atoms with Crippen molar-refractivity contribution in [3.63, 3.8) is 0 Å². The molecule has 0 amide bonds. The van der Waals surface area contributed by atoms with Crippen molar-refractivity contribution in [1.82, 2.24) is 5.32 Å². The molecule has 0 spiro atoms. The van der Waals surface area contributed by atoms with Gasteiger partial charge in [-0.15, -0.1) is 0 Å². The third-order valence-electron chi connectivity index (χ3n) is 7.20. The van der Waals surface area contributed by atoms with Gasteiger partial charge in [-0.1, -0.05) is 6.92 Å². The molecule has 1 saturated carbocycles. The first-order valence-electron chi connectivity index (χ1n) is 12.6. The maximum Gasteiger partial charge on any atom is 0.187 e. The number of hydrogen-bond donors (Lipinski definition) is 10. The SMILES string of the molecule is CCCN[C@@H]1CC(N)[C@@H](O[C@H]2OC([C@@H](C)O)[C@@H](O)[C@H](O)C2N)C(OC2O[C@H]([C@H](C)N)C(O)C2O)[C@@H]1O. The Kier molecular flexibility index (Phi) is 10.4. The monoisotopic (exact) mass is 524 g/mol. The van der Waals surface area contributed by atoms with Crippen molar-refractivity contribution in [2.45, 2.75) is 131 Å². The first kappa shape index (κ1) is 30.0. The second-order valence-corrected chi connectivity index (χ2v) is 10.2. The van der Waals surface area contributed by atoms with Gasteiger partial charge < -0.3 is 72.1 Å². The van der Waals surface area contributed by atoms with Crippen molar-refractivity contribution in [2.75, 3.05) is 6.54 Å². The molecule has 1 aliphatic carbocycles. The number of ether oxygens (including phenoxy) is 4. The predicted molar refractivity (Wildman–Crippen MR) is 125 cm³/mol. The number of nitrogens with one attached hydrogen (secondary N) is 1. The maximum absolute atomic E-state index is 11.2. The molecular formula is C22H44N4O10. The van der Waals surface area contributed by atoms with Gasteiger partial charge in [-0.3, -0.25) is 0 Å². The Morgan fingerprint density at radius 3 is 2.00 bits per heavy atom. The van der Waals surface area contributed by atoms with Gasteiger partial charge in [-0.25, -0.2) is 0 Å². The van der Waals surface area contributed by atoms with Crippen LogP contribution in [0.5, 0.6) is 0 Å². The molecule has 3 fully saturated rings. The average Bonchev–Trinajstić information content (AvgIpc) is 3.10. The van der Waals surface area contributed by atoms with E-state index in [0.29, 0.717) is 6.54 Å². The largest absolute Gasteiger partial charge is 0.391 e. The van der Waals surface area contributed by atoms with Gasteiger partial charge in [-0.2, -0.15) is 0 Å². The van der Waals surface area contributed by atoms with Crippen LogP contribution in [0.25, 0.3) is 0 Å². The lowest BCUT2D eigenvalue weighted by molar-refractivity contribution is -0.316. The normalized spacial score (nSPS) is 49.7. The molecule has 212 valence electrons. The highest BCUT2D eigenvalue weighted by Crippen LogP contribution is 2.33. The zero-order valence-electron chi connectivity index (χ0n) is 20.9. The highest BCUT2D eigenvalue weighted by atomic mass is 16.7. The summed E-state index contributed by atoms with van der Waals surface area (Å²) in [5.74, 6) is 0. The summed E-state index contributed by atoms with van der Waals surface area (Å²) in [6, 6.07) is -3.00. The summed E-state index contributed by atoms with van der Waals surface area (Å²) in [6.07, 6.45) is -13.9. The van der Waals surface area contributed by atoms with Gasteiger partial charge in [0.25, 0.3) is 0 Å². The lowest BCUT2D eigenvalue weighted by Crippen LogP contribution is -2.68. The standard InChI is InChI=1S/C22H44N4O10/c1-4-5-26-10-6-9(24)19(35-21-11(25)13(29)14(30)18(34-21)8(3)27)20(12(10)28)36-22-16(32)15(31)17(33-22)7(2)23/h7-22,26-32H,4-6,23-25H2,1-3H3/t7-,8+,9?,10+,11?,12+,13+,14-,15?,16?,17+,18?,19+,20?,21+,22?/m0/s1. The summed E-state index contributed by atoms with van der Waals surface area (Å²) in [7, 11) is 0. The van der Waals surface area contributed by atoms with Gasteiger partial charge in [0.2, 0.25) is 0 Å². The second-order valence-electron chi connectivity index (χ2n) is 10.2. The molecule has 0 aromatic carbocycles. The number of aliphatic hydroxyl groups excluding tert-OH is 6. The number of nitrogens with two attached hydrogens (primary N) is 3. The zero-order valence-corrected chi connectivity index (χ0v) is 20.9. The lowest BCUT2D eigenvalue weighted by atomic mass is 9.83. The Labute approximate surface area is 210 Å². The van der Waals surface area contributed by atoms with Gasteiger partial charge >= 0.3 is 0 Å². The number of aliphatic hydroxyl groups is 6. The lowest BCUT2D eigenvalue weighted by Gasteiger charge is -2.48. The zero-order chi connectivity index (χ0) is 26.9. The third-order valence-corrected chi connectivity index (χ3v) is 7.20. The van der Waals surface area contributed by atoms with E-state index in [0.717, 1.165) is 6.42 Å². The summed E-state index contributed by atoms with van der Waals surface area (Å²) < 4.78 is 23.4. The molecule has 36 heavy (non-hydrogen) atoms. The van der Waals surface area contributed by atoms with E-state index in [1.165, 1.54) is 6.92 Å². The predicted octanol–water partition coefficient (Wildman–Crippen LogP) is -4.83. The Morgan fingerprint density at radius 2 is 1.44 bits per heavy atom.